The number of hydrogen-bond donors (Lipinski definition) is 4. The number of carbonyl (C=O) groups is 2. The summed E-state index contributed by atoms with van der Waals surface area (Å²) in [6, 6.07) is 6.22. The third kappa shape index (κ3) is 14.4. The maximum Gasteiger partial charge on any atom is 0.408 e. The number of nitrogens with zero attached hydrogens (tertiary/aromatic N) is 4. The lowest BCUT2D eigenvalue weighted by atomic mass is 9.91. The number of nitrogens with one attached hydrogen (secondary N) is 1. The minimum absolute atomic E-state index is 0.0110. The Kier molecular flexibility index (Phi) is 17.4. The first-order chi connectivity index (χ1) is 27.0. The van der Waals surface area contributed by atoms with Gasteiger partial charge in [-0.2, -0.15) is 8.61 Å². The summed E-state index contributed by atoms with van der Waals surface area (Å²) in [5.41, 5.74) is 11.6. The van der Waals surface area contributed by atoms with Crippen LogP contribution in [0.2, 0.25) is 0 Å². The zero-order valence-electron chi connectivity index (χ0n) is 33.9. The largest absolute Gasteiger partial charge is 0.444 e. The van der Waals surface area contributed by atoms with Crippen molar-refractivity contribution in [1.82, 2.24) is 13.9 Å². The van der Waals surface area contributed by atoms with Crippen LogP contribution >= 0.6 is 0 Å². The van der Waals surface area contributed by atoms with Gasteiger partial charge in [-0.3, -0.25) is 0 Å². The number of ether oxygens (including phenoxy) is 1. The molecule has 0 radical (unpaired) electrons. The Balaban J connectivity index is 0.000000302. The predicted molar refractivity (Wildman–Crippen MR) is 219 cm³/mol. The Morgan fingerprint density at radius 3 is 1.67 bits per heavy atom. The maximum atomic E-state index is 13.3. The molecule has 2 heterocycles. The van der Waals surface area contributed by atoms with E-state index in [2.05, 4.69) is 15.6 Å². The highest BCUT2D eigenvalue weighted by Gasteiger charge is 2.38. The van der Waals surface area contributed by atoms with Gasteiger partial charge in [-0.1, -0.05) is 92.0 Å². The normalized spacial score (nSPS) is 23.4. The molecule has 18 heteroatoms. The number of sulfonamides is 2. The molecular weight excluding hydrogens is 775 g/mol. The lowest BCUT2D eigenvalue weighted by Crippen LogP contribution is -2.52. The van der Waals surface area contributed by atoms with Crippen LogP contribution in [0.5, 0.6) is 0 Å². The van der Waals surface area contributed by atoms with E-state index >= 15 is 0 Å². The SMILES string of the molecule is CC(C)(C)OC(=O)NC(C(=O)O/N=C(\N)[C@@H]1CCCCN1S(=O)(=O)CC1CCCCC1)c1ccccc1.N/C(=N\O)[C@@H]1CCCCN1S(=O)(=O)CC1CCCCC1. The predicted octanol–water partition coefficient (Wildman–Crippen LogP) is 5.33. The highest BCUT2D eigenvalue weighted by Crippen LogP contribution is 2.30. The first-order valence-corrected chi connectivity index (χ1v) is 23.8. The zero-order valence-corrected chi connectivity index (χ0v) is 35.5. The molecule has 1 amide bonds. The number of oxime groups is 2. The number of rotatable bonds is 12. The monoisotopic (exact) mass is 839 g/mol. The summed E-state index contributed by atoms with van der Waals surface area (Å²) in [6.07, 6.45) is 14.2. The van der Waals surface area contributed by atoms with Crippen LogP contribution < -0.4 is 16.8 Å². The van der Waals surface area contributed by atoms with E-state index in [9.17, 15) is 26.4 Å². The van der Waals surface area contributed by atoms with Gasteiger partial charge in [0.15, 0.2) is 17.7 Å². The number of piperidine rings is 2. The van der Waals surface area contributed by atoms with Crippen LogP contribution in [0.1, 0.15) is 135 Å². The summed E-state index contributed by atoms with van der Waals surface area (Å²) in [5.74, 6) is -0.200. The third-order valence-corrected chi connectivity index (χ3v) is 15.1. The lowest BCUT2D eigenvalue weighted by molar-refractivity contribution is -0.146. The van der Waals surface area contributed by atoms with Crippen molar-refractivity contribution >= 4 is 43.8 Å². The molecule has 2 saturated carbocycles. The summed E-state index contributed by atoms with van der Waals surface area (Å²) in [5, 5.41) is 18.2. The Morgan fingerprint density at radius 1 is 0.754 bits per heavy atom. The molecule has 2 saturated heterocycles. The van der Waals surface area contributed by atoms with Gasteiger partial charge in [0.2, 0.25) is 20.0 Å². The minimum atomic E-state index is -3.55. The Morgan fingerprint density at radius 2 is 1.21 bits per heavy atom. The second kappa shape index (κ2) is 21.5. The number of amidine groups is 2. The fourth-order valence-corrected chi connectivity index (χ4v) is 12.4. The van der Waals surface area contributed by atoms with Crippen LogP contribution in [0.4, 0.5) is 4.79 Å². The number of alkyl carbamates (subject to hydrolysis) is 1. The van der Waals surface area contributed by atoms with Gasteiger partial charge >= 0.3 is 12.1 Å². The summed E-state index contributed by atoms with van der Waals surface area (Å²) < 4.78 is 60.0. The van der Waals surface area contributed by atoms with E-state index in [-0.39, 0.29) is 35.0 Å². The fraction of sp³-hybridized carbons (Fsp3) is 0.744. The summed E-state index contributed by atoms with van der Waals surface area (Å²) >= 11 is 0. The summed E-state index contributed by atoms with van der Waals surface area (Å²) in [4.78, 5) is 30.5. The number of amides is 1. The molecule has 57 heavy (non-hydrogen) atoms. The van der Waals surface area contributed by atoms with Crippen molar-refractivity contribution in [2.45, 2.75) is 147 Å². The second-order valence-corrected chi connectivity index (χ2v) is 20.7. The van der Waals surface area contributed by atoms with Crippen molar-refractivity contribution in [2.75, 3.05) is 24.6 Å². The highest BCUT2D eigenvalue weighted by atomic mass is 32.2. The first kappa shape index (κ1) is 46.2. The van der Waals surface area contributed by atoms with E-state index < -0.39 is 55.8 Å². The van der Waals surface area contributed by atoms with Crippen molar-refractivity contribution in [2.24, 2.45) is 33.6 Å². The lowest BCUT2D eigenvalue weighted by Gasteiger charge is -2.35. The molecule has 1 unspecified atom stereocenters. The molecule has 1 aromatic carbocycles. The number of carbonyl (C=O) groups excluding carboxylic acids is 2. The van der Waals surface area contributed by atoms with E-state index in [1.165, 1.54) is 15.0 Å². The van der Waals surface area contributed by atoms with Crippen LogP contribution in [0.15, 0.2) is 40.6 Å². The molecular formula is C39H65N7O9S2. The third-order valence-electron chi connectivity index (χ3n) is 11.0. The average molecular weight is 840 g/mol. The van der Waals surface area contributed by atoms with Gasteiger partial charge < -0.3 is 31.6 Å². The van der Waals surface area contributed by atoms with E-state index in [4.69, 9.17) is 26.2 Å². The van der Waals surface area contributed by atoms with Crippen LogP contribution in [0, 0.1) is 11.8 Å². The molecule has 1 aromatic rings. The Hall–Kier alpha value is -3.48. The number of benzene rings is 1. The quantitative estimate of drug-likeness (QED) is 0.0690. The van der Waals surface area contributed by atoms with Gasteiger partial charge in [-0.15, -0.1) is 0 Å². The van der Waals surface area contributed by atoms with E-state index in [1.54, 1.807) is 51.1 Å². The Labute approximate surface area is 339 Å². The van der Waals surface area contributed by atoms with Gasteiger partial charge in [0.25, 0.3) is 0 Å². The van der Waals surface area contributed by atoms with Gasteiger partial charge in [-0.05, 0) is 89.5 Å². The molecule has 0 aromatic heterocycles. The van der Waals surface area contributed by atoms with Crippen LogP contribution in [0.3, 0.4) is 0 Å². The van der Waals surface area contributed by atoms with E-state index in [0.29, 0.717) is 31.5 Å². The van der Waals surface area contributed by atoms with Gasteiger partial charge in [0.1, 0.15) is 5.60 Å². The fourth-order valence-electron chi connectivity index (χ4n) is 8.19. The molecule has 5 rings (SSSR count). The Bertz CT molecular complexity index is 1720. The van der Waals surface area contributed by atoms with Gasteiger partial charge in [0, 0.05) is 13.1 Å². The molecule has 6 N–H and O–H groups in total. The zero-order chi connectivity index (χ0) is 41.6. The van der Waals surface area contributed by atoms with Gasteiger partial charge in [-0.25, -0.2) is 26.4 Å². The van der Waals surface area contributed by atoms with Crippen molar-refractivity contribution in [3.05, 3.63) is 35.9 Å². The first-order valence-electron chi connectivity index (χ1n) is 20.6. The van der Waals surface area contributed by atoms with E-state index in [1.807, 2.05) is 0 Å². The van der Waals surface area contributed by atoms with Gasteiger partial charge in [0.05, 0.1) is 23.6 Å². The number of nitrogens with two attached hydrogens (primary N) is 2. The molecule has 2 aliphatic carbocycles. The van der Waals surface area contributed by atoms with Crippen molar-refractivity contribution < 1.29 is 41.2 Å². The summed E-state index contributed by atoms with van der Waals surface area (Å²) in [6.45, 7) is 5.98. The smallest absolute Gasteiger partial charge is 0.408 e. The highest BCUT2D eigenvalue weighted by molar-refractivity contribution is 7.89. The summed E-state index contributed by atoms with van der Waals surface area (Å²) in [7, 11) is -6.88. The topological polar surface area (TPSA) is 236 Å². The average Bonchev–Trinajstić information content (AvgIpc) is 3.19. The van der Waals surface area contributed by atoms with Crippen molar-refractivity contribution in [1.29, 1.82) is 0 Å². The van der Waals surface area contributed by atoms with Crippen molar-refractivity contribution in [3.63, 3.8) is 0 Å². The molecule has 3 atom stereocenters. The standard InChI is InChI=1S/C26H40N4O6S.C13H25N3O3S/c1-26(2,3)35-25(32)28-22(20-14-8-5-9-15-20)24(31)36-29-23(27)21-16-10-11-17-30(21)37(33,34)18-19-12-6-4-7-13-19;14-13(15-17)12-8-4-5-9-16(12)20(18,19)10-11-6-2-1-3-7-11/h5,8-9,14-15,19,21-22H,4,6-7,10-13,16-18H2,1-3H3,(H2,27,29)(H,28,32);11-12,17H,1-10H2,(H2,14,15)/t21-,22?;12-/m00/s1. The van der Waals surface area contributed by atoms with Crippen LogP contribution in [0.25, 0.3) is 0 Å². The molecule has 2 aliphatic heterocycles. The molecule has 0 bridgehead atoms. The number of hydrogen-bond acceptors (Lipinski definition) is 11. The van der Waals surface area contributed by atoms with Crippen LogP contribution in [-0.4, -0.2) is 96.7 Å². The second-order valence-electron chi connectivity index (χ2n) is 16.8. The minimum Gasteiger partial charge on any atom is -0.444 e. The van der Waals surface area contributed by atoms with Crippen molar-refractivity contribution in [3.8, 4) is 0 Å². The molecule has 0 spiro atoms. The molecule has 16 nitrogen and oxygen atoms in total. The maximum absolute atomic E-state index is 13.3. The molecule has 4 aliphatic rings. The van der Waals surface area contributed by atoms with Crippen LogP contribution in [-0.2, 0) is 34.4 Å². The molecule has 4 fully saturated rings. The van der Waals surface area contributed by atoms with E-state index in [0.717, 1.165) is 83.5 Å². The molecule has 322 valence electrons.